The van der Waals surface area contributed by atoms with Crippen molar-refractivity contribution in [2.45, 2.75) is 31.7 Å². The minimum absolute atomic E-state index is 0.0885. The van der Waals surface area contributed by atoms with Crippen LogP contribution in [0.4, 0.5) is 4.79 Å². The summed E-state index contributed by atoms with van der Waals surface area (Å²) >= 11 is 0. The van der Waals surface area contributed by atoms with E-state index >= 15 is 0 Å². The zero-order valence-corrected chi connectivity index (χ0v) is 17.0. The molecule has 10 nitrogen and oxygen atoms in total. The van der Waals surface area contributed by atoms with Crippen molar-refractivity contribution in [3.63, 3.8) is 0 Å². The lowest BCUT2D eigenvalue weighted by Crippen LogP contribution is -2.54. The van der Waals surface area contributed by atoms with Gasteiger partial charge in [-0.1, -0.05) is 6.07 Å². The molecule has 4 rings (SSSR count). The molecule has 0 saturated carbocycles. The van der Waals surface area contributed by atoms with E-state index in [1.54, 1.807) is 23.1 Å². The van der Waals surface area contributed by atoms with Crippen molar-refractivity contribution in [1.82, 2.24) is 20.4 Å². The third-order valence-electron chi connectivity index (χ3n) is 5.72. The van der Waals surface area contributed by atoms with Gasteiger partial charge in [0, 0.05) is 26.1 Å². The summed E-state index contributed by atoms with van der Waals surface area (Å²) in [5.41, 5.74) is 1.40. The molecule has 0 aromatic heterocycles. The second-order valence-corrected chi connectivity index (χ2v) is 7.76. The lowest BCUT2D eigenvalue weighted by molar-refractivity contribution is -0.136. The highest BCUT2D eigenvalue weighted by Gasteiger charge is 2.44. The molecule has 2 N–H and O–H groups in total. The van der Waals surface area contributed by atoms with Gasteiger partial charge < -0.3 is 15.0 Å². The molecule has 2 fully saturated rings. The number of nitrogens with zero attached hydrogens (tertiary/aromatic N) is 2. The van der Waals surface area contributed by atoms with Gasteiger partial charge in [0.1, 0.15) is 6.04 Å². The van der Waals surface area contributed by atoms with E-state index in [2.05, 4.69) is 10.6 Å². The van der Waals surface area contributed by atoms with Crippen LogP contribution < -0.4 is 10.6 Å². The van der Waals surface area contributed by atoms with Crippen LogP contribution in [0.3, 0.4) is 0 Å². The molecule has 1 unspecified atom stereocenters. The molecule has 1 aromatic carbocycles. The summed E-state index contributed by atoms with van der Waals surface area (Å²) in [6, 6.07) is 3.97. The lowest BCUT2D eigenvalue weighted by Gasteiger charge is -2.27. The van der Waals surface area contributed by atoms with E-state index in [0.717, 1.165) is 10.5 Å². The molecule has 164 valence electrons. The number of fused-ring (bicyclic) bond motifs is 1. The Balaban J connectivity index is 1.34. The molecule has 10 heteroatoms. The van der Waals surface area contributed by atoms with Gasteiger partial charge in [-0.3, -0.25) is 29.4 Å². The number of ether oxygens (including phenoxy) is 1. The van der Waals surface area contributed by atoms with Crippen LogP contribution in [0.15, 0.2) is 18.2 Å². The minimum atomic E-state index is -0.969. The Morgan fingerprint density at radius 1 is 1.10 bits per heavy atom. The predicted molar refractivity (Wildman–Crippen MR) is 107 cm³/mol. The molecule has 3 heterocycles. The average molecular weight is 428 g/mol. The first kappa shape index (κ1) is 21.0. The summed E-state index contributed by atoms with van der Waals surface area (Å²) in [5.74, 6) is -2.06. The van der Waals surface area contributed by atoms with Crippen LogP contribution in [-0.2, 0) is 20.7 Å². The number of morpholine rings is 1. The van der Waals surface area contributed by atoms with Crippen molar-refractivity contribution in [2.24, 2.45) is 0 Å². The number of benzene rings is 1. The molecule has 0 aliphatic carbocycles. The smallest absolute Gasteiger partial charge is 0.317 e. The molecule has 2 saturated heterocycles. The van der Waals surface area contributed by atoms with Crippen molar-refractivity contribution in [3.05, 3.63) is 34.9 Å². The summed E-state index contributed by atoms with van der Waals surface area (Å²) in [4.78, 5) is 63.8. The quantitative estimate of drug-likeness (QED) is 0.505. The van der Waals surface area contributed by atoms with Gasteiger partial charge in [0.2, 0.25) is 11.8 Å². The van der Waals surface area contributed by atoms with Crippen molar-refractivity contribution < 1.29 is 28.7 Å². The normalized spacial score (nSPS) is 21.2. The van der Waals surface area contributed by atoms with Gasteiger partial charge in [-0.25, -0.2) is 4.79 Å². The highest BCUT2D eigenvalue weighted by atomic mass is 16.5. The Labute approximate surface area is 178 Å². The number of nitrogens with one attached hydrogen (secondary N) is 2. The fourth-order valence-electron chi connectivity index (χ4n) is 4.04. The largest absolute Gasteiger partial charge is 0.378 e. The third kappa shape index (κ3) is 4.29. The number of imide groups is 2. The van der Waals surface area contributed by atoms with E-state index < -0.39 is 29.7 Å². The molecule has 1 aromatic rings. The van der Waals surface area contributed by atoms with E-state index in [9.17, 15) is 24.0 Å². The SMILES string of the molecule is O=C1CCC(N2C(=O)c3ccc(CCCNC(=O)N4CCOCC4)cc3C2=O)C(=O)N1. The number of hydrogen-bond acceptors (Lipinski definition) is 6. The monoisotopic (exact) mass is 428 g/mol. The summed E-state index contributed by atoms with van der Waals surface area (Å²) < 4.78 is 5.23. The number of piperidine rings is 1. The van der Waals surface area contributed by atoms with Gasteiger partial charge in [-0.2, -0.15) is 0 Å². The maximum atomic E-state index is 12.8. The van der Waals surface area contributed by atoms with Gasteiger partial charge in [0.25, 0.3) is 11.8 Å². The van der Waals surface area contributed by atoms with Crippen LogP contribution in [0.2, 0.25) is 0 Å². The number of carbonyl (C=O) groups is 5. The van der Waals surface area contributed by atoms with E-state index in [1.165, 1.54) is 0 Å². The number of rotatable bonds is 5. The molecule has 1 atom stereocenters. The van der Waals surface area contributed by atoms with Gasteiger partial charge >= 0.3 is 6.03 Å². The van der Waals surface area contributed by atoms with Crippen LogP contribution in [-0.4, -0.2) is 78.3 Å². The zero-order valence-electron chi connectivity index (χ0n) is 17.0. The molecule has 0 bridgehead atoms. The third-order valence-corrected chi connectivity index (χ3v) is 5.72. The fourth-order valence-corrected chi connectivity index (χ4v) is 4.04. The molecule has 31 heavy (non-hydrogen) atoms. The highest BCUT2D eigenvalue weighted by molar-refractivity contribution is 6.23. The van der Waals surface area contributed by atoms with E-state index in [4.69, 9.17) is 4.74 Å². The van der Waals surface area contributed by atoms with E-state index in [-0.39, 0.29) is 30.0 Å². The topological polar surface area (TPSA) is 125 Å². The second kappa shape index (κ2) is 8.84. The average Bonchev–Trinajstić information content (AvgIpc) is 3.02. The molecule has 6 amide bonds. The first-order valence-corrected chi connectivity index (χ1v) is 10.4. The molecule has 0 radical (unpaired) electrons. The number of carbonyl (C=O) groups excluding carboxylic acids is 5. The Bertz CT molecular complexity index is 940. The summed E-state index contributed by atoms with van der Waals surface area (Å²) in [6.45, 7) is 2.74. The summed E-state index contributed by atoms with van der Waals surface area (Å²) in [6.07, 6.45) is 1.52. The Morgan fingerprint density at radius 3 is 2.58 bits per heavy atom. The molecule has 3 aliphatic rings. The molecular weight excluding hydrogens is 404 g/mol. The summed E-state index contributed by atoms with van der Waals surface area (Å²) in [7, 11) is 0. The van der Waals surface area contributed by atoms with Crippen LogP contribution in [0.1, 0.15) is 45.5 Å². The fraction of sp³-hybridized carbons (Fsp3) is 0.476. The van der Waals surface area contributed by atoms with E-state index in [0.29, 0.717) is 45.7 Å². The zero-order chi connectivity index (χ0) is 22.0. The van der Waals surface area contributed by atoms with Gasteiger partial charge in [0.05, 0.1) is 24.3 Å². The van der Waals surface area contributed by atoms with Crippen molar-refractivity contribution >= 4 is 29.7 Å². The van der Waals surface area contributed by atoms with E-state index in [1.807, 2.05) is 0 Å². The van der Waals surface area contributed by atoms with Gasteiger partial charge in [0.15, 0.2) is 0 Å². The predicted octanol–water partition coefficient (Wildman–Crippen LogP) is 0.0622. The number of hydrogen-bond donors (Lipinski definition) is 2. The Hall–Kier alpha value is -3.27. The second-order valence-electron chi connectivity index (χ2n) is 7.76. The Morgan fingerprint density at radius 2 is 1.84 bits per heavy atom. The standard InChI is InChI=1S/C21H24N4O6/c26-17-6-5-16(18(27)23-17)25-19(28)14-4-3-13(12-15(14)20(25)29)2-1-7-22-21(30)24-8-10-31-11-9-24/h3-4,12,16H,1-2,5-11H2,(H,22,30)(H,23,26,27). The number of urea groups is 1. The van der Waals surface area contributed by atoms with Crippen LogP contribution in [0.5, 0.6) is 0 Å². The maximum Gasteiger partial charge on any atom is 0.317 e. The molecule has 3 aliphatic heterocycles. The van der Waals surface area contributed by atoms with Crippen molar-refractivity contribution in [2.75, 3.05) is 32.8 Å². The van der Waals surface area contributed by atoms with Crippen LogP contribution in [0.25, 0.3) is 0 Å². The first-order chi connectivity index (χ1) is 15.0. The number of aryl methyl sites for hydroxylation is 1. The lowest BCUT2D eigenvalue weighted by atomic mass is 10.0. The highest BCUT2D eigenvalue weighted by Crippen LogP contribution is 2.28. The first-order valence-electron chi connectivity index (χ1n) is 10.4. The molecular formula is C21H24N4O6. The maximum absolute atomic E-state index is 12.8. The van der Waals surface area contributed by atoms with Crippen LogP contribution in [0, 0.1) is 0 Å². The molecule has 0 spiro atoms. The van der Waals surface area contributed by atoms with Crippen LogP contribution >= 0.6 is 0 Å². The Kier molecular flexibility index (Phi) is 5.99. The van der Waals surface area contributed by atoms with Crippen molar-refractivity contribution in [3.8, 4) is 0 Å². The summed E-state index contributed by atoms with van der Waals surface area (Å²) in [5, 5.41) is 5.06. The minimum Gasteiger partial charge on any atom is -0.378 e. The van der Waals surface area contributed by atoms with Gasteiger partial charge in [-0.15, -0.1) is 0 Å². The van der Waals surface area contributed by atoms with Gasteiger partial charge in [-0.05, 0) is 37.0 Å². The number of amides is 6. The van der Waals surface area contributed by atoms with Crippen molar-refractivity contribution in [1.29, 1.82) is 0 Å².